The molecule has 6 heteroatoms. The third-order valence-electron chi connectivity index (χ3n) is 3.52. The molecule has 0 aromatic heterocycles. The molecular weight excluding hydrogens is 271 g/mol. The quantitative estimate of drug-likeness (QED) is 0.892. The second-order valence-electron chi connectivity index (χ2n) is 5.23. The molecule has 1 amide bonds. The topological polar surface area (TPSA) is 49.3 Å². The Bertz CT molecular complexity index is 495. The fourth-order valence-electron chi connectivity index (χ4n) is 2.13. The number of carbonyl (C=O) groups excluding carboxylic acids is 1. The van der Waals surface area contributed by atoms with E-state index in [2.05, 4.69) is 5.32 Å². The van der Waals surface area contributed by atoms with Gasteiger partial charge in [0.15, 0.2) is 0 Å². The summed E-state index contributed by atoms with van der Waals surface area (Å²) in [4.78, 5) is 11.7. The molecule has 0 radical (unpaired) electrons. The second-order valence-corrected chi connectivity index (χ2v) is 5.23. The molecular formula is C14H16F3NO2. The summed E-state index contributed by atoms with van der Waals surface area (Å²) in [5, 5.41) is 12.4. The average molecular weight is 287 g/mol. The number of benzene rings is 1. The SMILES string of the molecule is O=C(Cc1cccc(C(F)(F)F)c1)NCC1(O)CCC1. The summed E-state index contributed by atoms with van der Waals surface area (Å²) in [6.45, 7) is 0.158. The molecule has 1 aromatic carbocycles. The van der Waals surface area contributed by atoms with Crippen LogP contribution in [0.1, 0.15) is 30.4 Å². The predicted octanol–water partition coefficient (Wildman–Crippen LogP) is 2.28. The van der Waals surface area contributed by atoms with Gasteiger partial charge in [-0.1, -0.05) is 18.2 Å². The van der Waals surface area contributed by atoms with Gasteiger partial charge in [-0.05, 0) is 30.9 Å². The number of carbonyl (C=O) groups is 1. The van der Waals surface area contributed by atoms with Gasteiger partial charge in [-0.15, -0.1) is 0 Å². The summed E-state index contributed by atoms with van der Waals surface area (Å²) in [7, 11) is 0. The molecule has 2 rings (SSSR count). The first-order valence-electron chi connectivity index (χ1n) is 6.44. The monoisotopic (exact) mass is 287 g/mol. The third-order valence-corrected chi connectivity index (χ3v) is 3.52. The Morgan fingerprint density at radius 1 is 1.35 bits per heavy atom. The fourth-order valence-corrected chi connectivity index (χ4v) is 2.13. The second kappa shape index (κ2) is 5.44. The van der Waals surface area contributed by atoms with Crippen LogP contribution in [0.5, 0.6) is 0 Å². The van der Waals surface area contributed by atoms with Crippen LogP contribution in [0.2, 0.25) is 0 Å². The standard InChI is InChI=1S/C14H16F3NO2/c15-14(16,17)11-4-1-3-10(7-11)8-12(19)18-9-13(20)5-2-6-13/h1,3-4,7,20H,2,5-6,8-9H2,(H,18,19). The van der Waals surface area contributed by atoms with E-state index in [-0.39, 0.29) is 18.9 Å². The molecule has 3 nitrogen and oxygen atoms in total. The highest BCUT2D eigenvalue weighted by molar-refractivity contribution is 5.78. The molecule has 110 valence electrons. The number of aliphatic hydroxyl groups is 1. The molecule has 0 bridgehead atoms. The van der Waals surface area contributed by atoms with Crippen LogP contribution < -0.4 is 5.32 Å². The number of nitrogens with one attached hydrogen (secondary N) is 1. The summed E-state index contributed by atoms with van der Waals surface area (Å²) >= 11 is 0. The first-order valence-corrected chi connectivity index (χ1v) is 6.44. The van der Waals surface area contributed by atoms with Crippen LogP contribution in [0.4, 0.5) is 13.2 Å². The Morgan fingerprint density at radius 2 is 2.05 bits per heavy atom. The normalized spacial score (nSPS) is 17.4. The average Bonchev–Trinajstić information content (AvgIpc) is 2.33. The van der Waals surface area contributed by atoms with Crippen molar-refractivity contribution in [1.82, 2.24) is 5.32 Å². The Hall–Kier alpha value is -1.56. The van der Waals surface area contributed by atoms with Gasteiger partial charge in [-0.2, -0.15) is 13.2 Å². The third kappa shape index (κ3) is 3.72. The van der Waals surface area contributed by atoms with Crippen LogP contribution in [0.25, 0.3) is 0 Å². The van der Waals surface area contributed by atoms with Gasteiger partial charge < -0.3 is 10.4 Å². The lowest BCUT2D eigenvalue weighted by molar-refractivity contribution is -0.137. The largest absolute Gasteiger partial charge is 0.416 e. The lowest BCUT2D eigenvalue weighted by Gasteiger charge is -2.36. The Balaban J connectivity index is 1.91. The molecule has 1 aromatic rings. The number of alkyl halides is 3. The zero-order valence-corrected chi connectivity index (χ0v) is 10.8. The fraction of sp³-hybridized carbons (Fsp3) is 0.500. The minimum absolute atomic E-state index is 0.125. The zero-order chi connectivity index (χ0) is 14.8. The van der Waals surface area contributed by atoms with Crippen molar-refractivity contribution in [2.45, 2.75) is 37.5 Å². The van der Waals surface area contributed by atoms with E-state index < -0.39 is 17.3 Å². The Labute approximate surface area is 114 Å². The van der Waals surface area contributed by atoms with Crippen molar-refractivity contribution >= 4 is 5.91 Å². The highest BCUT2D eigenvalue weighted by Crippen LogP contribution is 2.31. The molecule has 2 N–H and O–H groups in total. The molecule has 0 spiro atoms. The van der Waals surface area contributed by atoms with Crippen LogP contribution in [0.3, 0.4) is 0 Å². The molecule has 1 saturated carbocycles. The minimum atomic E-state index is -4.41. The number of hydrogen-bond donors (Lipinski definition) is 2. The Kier molecular flexibility index (Phi) is 4.04. The van der Waals surface area contributed by atoms with Crippen molar-refractivity contribution in [2.24, 2.45) is 0 Å². The lowest BCUT2D eigenvalue weighted by atomic mass is 9.80. The molecule has 0 heterocycles. The molecule has 1 aliphatic carbocycles. The molecule has 1 fully saturated rings. The summed E-state index contributed by atoms with van der Waals surface area (Å²) in [6.07, 6.45) is -2.30. The first kappa shape index (κ1) is 14.8. The van der Waals surface area contributed by atoms with Gasteiger partial charge >= 0.3 is 6.18 Å². The highest BCUT2D eigenvalue weighted by atomic mass is 19.4. The van der Waals surface area contributed by atoms with Gasteiger partial charge in [-0.25, -0.2) is 0 Å². The van der Waals surface area contributed by atoms with Gasteiger partial charge in [0.1, 0.15) is 0 Å². The zero-order valence-electron chi connectivity index (χ0n) is 10.8. The van der Waals surface area contributed by atoms with E-state index in [0.717, 1.165) is 18.6 Å². The lowest BCUT2D eigenvalue weighted by Crippen LogP contribution is -2.48. The van der Waals surface area contributed by atoms with Crippen LogP contribution in [-0.4, -0.2) is 23.2 Å². The first-order chi connectivity index (χ1) is 9.28. The summed E-state index contributed by atoms with van der Waals surface area (Å²) in [5.41, 5.74) is -1.29. The number of halogens is 3. The van der Waals surface area contributed by atoms with Crippen molar-refractivity contribution in [3.05, 3.63) is 35.4 Å². The summed E-state index contributed by atoms with van der Waals surface area (Å²) < 4.78 is 37.6. The van der Waals surface area contributed by atoms with E-state index in [4.69, 9.17) is 0 Å². The van der Waals surface area contributed by atoms with Gasteiger partial charge in [-0.3, -0.25) is 4.79 Å². The maximum absolute atomic E-state index is 12.5. The molecule has 0 aliphatic heterocycles. The Morgan fingerprint density at radius 3 is 2.60 bits per heavy atom. The van der Waals surface area contributed by atoms with E-state index in [9.17, 15) is 23.1 Å². The van der Waals surface area contributed by atoms with Gasteiger partial charge in [0, 0.05) is 6.54 Å². The summed E-state index contributed by atoms with van der Waals surface area (Å²) in [6, 6.07) is 4.70. The number of hydrogen-bond acceptors (Lipinski definition) is 2. The van der Waals surface area contributed by atoms with E-state index in [0.29, 0.717) is 18.4 Å². The van der Waals surface area contributed by atoms with E-state index in [1.807, 2.05) is 0 Å². The maximum Gasteiger partial charge on any atom is 0.416 e. The van der Waals surface area contributed by atoms with Gasteiger partial charge in [0.2, 0.25) is 5.91 Å². The van der Waals surface area contributed by atoms with Crippen LogP contribution in [0.15, 0.2) is 24.3 Å². The highest BCUT2D eigenvalue weighted by Gasteiger charge is 2.34. The van der Waals surface area contributed by atoms with Crippen LogP contribution in [0, 0.1) is 0 Å². The van der Waals surface area contributed by atoms with Gasteiger partial charge in [0.05, 0.1) is 17.6 Å². The van der Waals surface area contributed by atoms with Gasteiger partial charge in [0.25, 0.3) is 0 Å². The van der Waals surface area contributed by atoms with E-state index >= 15 is 0 Å². The van der Waals surface area contributed by atoms with Crippen molar-refractivity contribution in [1.29, 1.82) is 0 Å². The number of rotatable bonds is 4. The maximum atomic E-state index is 12.5. The molecule has 0 atom stereocenters. The predicted molar refractivity (Wildman–Crippen MR) is 67.0 cm³/mol. The van der Waals surface area contributed by atoms with Crippen molar-refractivity contribution < 1.29 is 23.1 Å². The van der Waals surface area contributed by atoms with Crippen LogP contribution >= 0.6 is 0 Å². The van der Waals surface area contributed by atoms with E-state index in [1.165, 1.54) is 12.1 Å². The van der Waals surface area contributed by atoms with Crippen molar-refractivity contribution in [3.63, 3.8) is 0 Å². The molecule has 0 unspecified atom stereocenters. The smallest absolute Gasteiger partial charge is 0.388 e. The molecule has 1 aliphatic rings. The van der Waals surface area contributed by atoms with E-state index in [1.54, 1.807) is 0 Å². The molecule has 20 heavy (non-hydrogen) atoms. The van der Waals surface area contributed by atoms with Crippen LogP contribution in [-0.2, 0) is 17.4 Å². The summed E-state index contributed by atoms with van der Waals surface area (Å²) in [5.74, 6) is -0.385. The number of amides is 1. The van der Waals surface area contributed by atoms with Crippen molar-refractivity contribution in [2.75, 3.05) is 6.54 Å². The molecule has 0 saturated heterocycles. The minimum Gasteiger partial charge on any atom is -0.388 e. The van der Waals surface area contributed by atoms with Crippen molar-refractivity contribution in [3.8, 4) is 0 Å².